The SMILES string of the molecule is CCC(CC)C(C)Nc1ccc([N+](=O)[O-])cc1N. The van der Waals surface area contributed by atoms with Gasteiger partial charge in [0.15, 0.2) is 0 Å². The molecule has 0 aliphatic rings. The number of hydrogen-bond acceptors (Lipinski definition) is 4. The van der Waals surface area contributed by atoms with Crippen LogP contribution in [0.3, 0.4) is 0 Å². The van der Waals surface area contributed by atoms with Crippen LogP contribution >= 0.6 is 0 Å². The molecule has 0 saturated heterocycles. The number of non-ortho nitro benzene ring substituents is 1. The van der Waals surface area contributed by atoms with Crippen LogP contribution in [-0.2, 0) is 0 Å². The van der Waals surface area contributed by atoms with Gasteiger partial charge in [0, 0.05) is 18.2 Å². The molecule has 0 amide bonds. The van der Waals surface area contributed by atoms with E-state index in [9.17, 15) is 10.1 Å². The second kappa shape index (κ2) is 6.23. The van der Waals surface area contributed by atoms with Gasteiger partial charge in [0.25, 0.3) is 5.69 Å². The summed E-state index contributed by atoms with van der Waals surface area (Å²) in [5.74, 6) is 0.569. The van der Waals surface area contributed by atoms with Crippen molar-refractivity contribution in [2.24, 2.45) is 5.92 Å². The summed E-state index contributed by atoms with van der Waals surface area (Å²) in [6.45, 7) is 6.43. The first-order valence-corrected chi connectivity index (χ1v) is 6.30. The smallest absolute Gasteiger partial charge is 0.271 e. The summed E-state index contributed by atoms with van der Waals surface area (Å²) in [5, 5.41) is 13.9. The molecule has 100 valence electrons. The summed E-state index contributed by atoms with van der Waals surface area (Å²) in [6.07, 6.45) is 2.19. The first-order chi connectivity index (χ1) is 8.49. The average Bonchev–Trinajstić information content (AvgIpc) is 2.33. The zero-order valence-electron chi connectivity index (χ0n) is 11.1. The van der Waals surface area contributed by atoms with Gasteiger partial charge in [-0.3, -0.25) is 10.1 Å². The van der Waals surface area contributed by atoms with Crippen molar-refractivity contribution in [1.82, 2.24) is 0 Å². The van der Waals surface area contributed by atoms with Crippen LogP contribution in [0.15, 0.2) is 18.2 Å². The van der Waals surface area contributed by atoms with Crippen molar-refractivity contribution in [2.45, 2.75) is 39.7 Å². The molecule has 0 aromatic heterocycles. The minimum Gasteiger partial charge on any atom is -0.397 e. The normalized spacial score (nSPS) is 12.4. The first kappa shape index (κ1) is 14.3. The number of nitrogen functional groups attached to an aromatic ring is 1. The summed E-state index contributed by atoms with van der Waals surface area (Å²) in [7, 11) is 0. The molecule has 0 fully saturated rings. The molecule has 0 aliphatic heterocycles. The van der Waals surface area contributed by atoms with Gasteiger partial charge in [0.2, 0.25) is 0 Å². The van der Waals surface area contributed by atoms with E-state index in [0.29, 0.717) is 17.6 Å². The average molecular weight is 251 g/mol. The Labute approximate surface area is 108 Å². The first-order valence-electron chi connectivity index (χ1n) is 6.30. The molecule has 3 N–H and O–H groups in total. The van der Waals surface area contributed by atoms with Crippen LogP contribution in [0.2, 0.25) is 0 Å². The molecule has 0 radical (unpaired) electrons. The molecule has 18 heavy (non-hydrogen) atoms. The van der Waals surface area contributed by atoms with Crippen LogP contribution in [-0.4, -0.2) is 11.0 Å². The molecular formula is C13H21N3O2. The summed E-state index contributed by atoms with van der Waals surface area (Å²) >= 11 is 0. The summed E-state index contributed by atoms with van der Waals surface area (Å²) in [4.78, 5) is 10.2. The fraction of sp³-hybridized carbons (Fsp3) is 0.538. The van der Waals surface area contributed by atoms with Crippen LogP contribution in [0.1, 0.15) is 33.6 Å². The summed E-state index contributed by atoms with van der Waals surface area (Å²) < 4.78 is 0. The topological polar surface area (TPSA) is 81.2 Å². The van der Waals surface area contributed by atoms with Crippen molar-refractivity contribution in [3.63, 3.8) is 0 Å². The van der Waals surface area contributed by atoms with E-state index in [4.69, 9.17) is 5.73 Å². The van der Waals surface area contributed by atoms with Crippen molar-refractivity contribution in [3.05, 3.63) is 28.3 Å². The Balaban J connectivity index is 2.82. The second-order valence-electron chi connectivity index (χ2n) is 4.54. The number of nitrogens with one attached hydrogen (secondary N) is 1. The van der Waals surface area contributed by atoms with E-state index in [-0.39, 0.29) is 5.69 Å². The van der Waals surface area contributed by atoms with E-state index >= 15 is 0 Å². The van der Waals surface area contributed by atoms with Gasteiger partial charge < -0.3 is 11.1 Å². The monoisotopic (exact) mass is 251 g/mol. The van der Waals surface area contributed by atoms with E-state index < -0.39 is 4.92 Å². The van der Waals surface area contributed by atoms with Crippen molar-refractivity contribution in [2.75, 3.05) is 11.1 Å². The van der Waals surface area contributed by atoms with Crippen LogP contribution in [0.5, 0.6) is 0 Å². The number of nitrogens with zero attached hydrogens (tertiary/aromatic N) is 1. The van der Waals surface area contributed by atoms with Gasteiger partial charge in [0.1, 0.15) is 0 Å². The number of hydrogen-bond donors (Lipinski definition) is 2. The zero-order valence-corrected chi connectivity index (χ0v) is 11.1. The van der Waals surface area contributed by atoms with Crippen LogP contribution in [0.25, 0.3) is 0 Å². The van der Waals surface area contributed by atoms with Gasteiger partial charge in [-0.15, -0.1) is 0 Å². The lowest BCUT2D eigenvalue weighted by Crippen LogP contribution is -2.25. The maximum Gasteiger partial charge on any atom is 0.271 e. The molecule has 0 aliphatic carbocycles. The number of nitro groups is 1. The third-order valence-electron chi connectivity index (χ3n) is 3.39. The maximum absolute atomic E-state index is 10.6. The fourth-order valence-corrected chi connectivity index (χ4v) is 2.15. The Morgan fingerprint density at radius 1 is 1.39 bits per heavy atom. The number of nitro benzene ring substituents is 1. The molecule has 0 saturated carbocycles. The Hall–Kier alpha value is -1.78. The van der Waals surface area contributed by atoms with E-state index in [1.54, 1.807) is 6.07 Å². The lowest BCUT2D eigenvalue weighted by atomic mass is 9.95. The van der Waals surface area contributed by atoms with Gasteiger partial charge in [-0.1, -0.05) is 26.7 Å². The molecule has 5 nitrogen and oxygen atoms in total. The maximum atomic E-state index is 10.6. The van der Waals surface area contributed by atoms with E-state index in [2.05, 4.69) is 26.1 Å². The van der Waals surface area contributed by atoms with Gasteiger partial charge >= 0.3 is 0 Å². The number of rotatable bonds is 6. The molecular weight excluding hydrogens is 230 g/mol. The molecule has 0 spiro atoms. The van der Waals surface area contributed by atoms with Crippen LogP contribution < -0.4 is 11.1 Å². The Morgan fingerprint density at radius 2 is 2.00 bits per heavy atom. The molecule has 1 aromatic carbocycles. The van der Waals surface area contributed by atoms with Crippen molar-refractivity contribution in [1.29, 1.82) is 0 Å². The van der Waals surface area contributed by atoms with Crippen molar-refractivity contribution < 1.29 is 4.92 Å². The minimum atomic E-state index is -0.440. The number of nitrogens with two attached hydrogens (primary N) is 1. The van der Waals surface area contributed by atoms with Crippen molar-refractivity contribution in [3.8, 4) is 0 Å². The lowest BCUT2D eigenvalue weighted by molar-refractivity contribution is -0.384. The largest absolute Gasteiger partial charge is 0.397 e. The number of anilines is 2. The third kappa shape index (κ3) is 3.35. The highest BCUT2D eigenvalue weighted by molar-refractivity contribution is 5.69. The molecule has 1 unspecified atom stereocenters. The van der Waals surface area contributed by atoms with Crippen molar-refractivity contribution >= 4 is 17.1 Å². The van der Waals surface area contributed by atoms with E-state index in [0.717, 1.165) is 18.5 Å². The third-order valence-corrected chi connectivity index (χ3v) is 3.39. The standard InChI is InChI=1S/C13H21N3O2/c1-4-10(5-2)9(3)15-13-7-6-11(16(17)18)8-12(13)14/h6-10,15H,4-5,14H2,1-3H3. The van der Waals surface area contributed by atoms with Gasteiger partial charge in [-0.2, -0.15) is 0 Å². The molecule has 0 bridgehead atoms. The number of benzene rings is 1. The summed E-state index contributed by atoms with van der Waals surface area (Å²) in [6, 6.07) is 4.83. The predicted octanol–water partition coefficient (Wildman–Crippen LogP) is 3.41. The van der Waals surface area contributed by atoms with Crippen LogP contribution in [0.4, 0.5) is 17.1 Å². The predicted molar refractivity (Wildman–Crippen MR) is 74.7 cm³/mol. The van der Waals surface area contributed by atoms with Crippen LogP contribution in [0, 0.1) is 16.0 Å². The fourth-order valence-electron chi connectivity index (χ4n) is 2.15. The quantitative estimate of drug-likeness (QED) is 0.461. The van der Waals surface area contributed by atoms with E-state index in [1.807, 2.05) is 0 Å². The molecule has 0 heterocycles. The molecule has 1 atom stereocenters. The Bertz CT molecular complexity index is 417. The highest BCUT2D eigenvalue weighted by Gasteiger charge is 2.15. The Morgan fingerprint density at radius 3 is 2.44 bits per heavy atom. The Kier molecular flexibility index (Phi) is 4.95. The van der Waals surface area contributed by atoms with Gasteiger partial charge in [0.05, 0.1) is 16.3 Å². The van der Waals surface area contributed by atoms with E-state index in [1.165, 1.54) is 12.1 Å². The lowest BCUT2D eigenvalue weighted by Gasteiger charge is -2.24. The molecule has 1 aromatic rings. The summed E-state index contributed by atoms with van der Waals surface area (Å²) in [5.41, 5.74) is 7.03. The van der Waals surface area contributed by atoms with Gasteiger partial charge in [-0.05, 0) is 18.9 Å². The highest BCUT2D eigenvalue weighted by Crippen LogP contribution is 2.26. The molecule has 1 rings (SSSR count). The highest BCUT2D eigenvalue weighted by atomic mass is 16.6. The minimum absolute atomic E-state index is 0.0215. The second-order valence-corrected chi connectivity index (χ2v) is 4.54. The van der Waals surface area contributed by atoms with Gasteiger partial charge in [-0.25, -0.2) is 0 Å². The molecule has 5 heteroatoms. The zero-order chi connectivity index (χ0) is 13.7.